The number of nitrogens with two attached hydrogens (primary N) is 1. The lowest BCUT2D eigenvalue weighted by atomic mass is 10.1. The van der Waals surface area contributed by atoms with Crippen LogP contribution < -0.4 is 5.73 Å². The van der Waals surface area contributed by atoms with E-state index in [0.717, 1.165) is 12.8 Å². The molecule has 62 valence electrons. The first-order chi connectivity index (χ1) is 4.68. The summed E-state index contributed by atoms with van der Waals surface area (Å²) in [5.41, 5.74) is 5.61. The van der Waals surface area contributed by atoms with E-state index in [2.05, 4.69) is 6.92 Å². The molecule has 0 aliphatic heterocycles. The highest BCUT2D eigenvalue weighted by Crippen LogP contribution is 2.03. The van der Waals surface area contributed by atoms with E-state index in [9.17, 15) is 0 Å². The average Bonchev–Trinajstić information content (AvgIpc) is 1.88. The van der Waals surface area contributed by atoms with Gasteiger partial charge in [-0.25, -0.2) is 0 Å². The molecule has 2 nitrogen and oxygen atoms in total. The second kappa shape index (κ2) is 5.69. The number of unbranched alkanes of at least 4 members (excludes halogenated alkanes) is 2. The van der Waals surface area contributed by atoms with Gasteiger partial charge in [0.25, 0.3) is 0 Å². The number of hydrogen-bond donors (Lipinski definition) is 2. The molecule has 0 aromatic rings. The molecule has 0 aromatic carbocycles. The fourth-order valence-corrected chi connectivity index (χ4v) is 0.871. The van der Waals surface area contributed by atoms with Crippen molar-refractivity contribution in [1.29, 1.82) is 0 Å². The molecule has 0 radical (unpaired) electrons. The molecule has 0 spiro atoms. The standard InChI is InChI=1S/C8H19NO/c1-3-4-5-6-8(9)7(2)10/h7-8,10H,3-6,9H2,1-2H3/t7-,8-/m1/s1. The molecule has 0 unspecified atom stereocenters. The van der Waals surface area contributed by atoms with Crippen molar-refractivity contribution in [1.82, 2.24) is 0 Å². The van der Waals surface area contributed by atoms with Crippen LogP contribution in [0.2, 0.25) is 0 Å². The Morgan fingerprint density at radius 3 is 2.40 bits per heavy atom. The Bertz CT molecular complexity index is 73.7. The van der Waals surface area contributed by atoms with Crippen LogP contribution in [0.4, 0.5) is 0 Å². The molecule has 0 bridgehead atoms. The van der Waals surface area contributed by atoms with E-state index >= 15 is 0 Å². The number of hydrogen-bond acceptors (Lipinski definition) is 2. The van der Waals surface area contributed by atoms with Gasteiger partial charge in [-0.05, 0) is 13.3 Å². The monoisotopic (exact) mass is 145 g/mol. The molecule has 0 aliphatic rings. The molecule has 10 heavy (non-hydrogen) atoms. The van der Waals surface area contributed by atoms with Crippen molar-refractivity contribution in [2.75, 3.05) is 0 Å². The zero-order chi connectivity index (χ0) is 7.98. The lowest BCUT2D eigenvalue weighted by molar-refractivity contribution is 0.157. The van der Waals surface area contributed by atoms with Crippen LogP contribution in [0.5, 0.6) is 0 Å². The van der Waals surface area contributed by atoms with E-state index in [1.807, 2.05) is 0 Å². The van der Waals surface area contributed by atoms with E-state index in [0.29, 0.717) is 0 Å². The highest BCUT2D eigenvalue weighted by Gasteiger charge is 2.07. The van der Waals surface area contributed by atoms with Crippen molar-refractivity contribution in [3.05, 3.63) is 0 Å². The Hall–Kier alpha value is -0.0800. The largest absolute Gasteiger partial charge is 0.392 e. The minimum absolute atomic E-state index is 0.0217. The van der Waals surface area contributed by atoms with Crippen molar-refractivity contribution >= 4 is 0 Å². The van der Waals surface area contributed by atoms with Gasteiger partial charge in [0.15, 0.2) is 0 Å². The van der Waals surface area contributed by atoms with Gasteiger partial charge in [-0.2, -0.15) is 0 Å². The minimum atomic E-state index is -0.350. The highest BCUT2D eigenvalue weighted by molar-refractivity contribution is 4.66. The zero-order valence-electron chi connectivity index (χ0n) is 7.01. The van der Waals surface area contributed by atoms with Gasteiger partial charge in [-0.3, -0.25) is 0 Å². The first-order valence-corrected chi connectivity index (χ1v) is 4.12. The first kappa shape index (κ1) is 9.92. The van der Waals surface area contributed by atoms with Crippen LogP contribution in [-0.4, -0.2) is 17.3 Å². The quantitative estimate of drug-likeness (QED) is 0.572. The molecule has 0 saturated carbocycles. The third kappa shape index (κ3) is 4.77. The number of aliphatic hydroxyl groups is 1. The molecular formula is C8H19NO. The Morgan fingerprint density at radius 1 is 1.40 bits per heavy atom. The molecule has 0 fully saturated rings. The van der Waals surface area contributed by atoms with Crippen molar-refractivity contribution in [3.8, 4) is 0 Å². The summed E-state index contributed by atoms with van der Waals surface area (Å²) in [7, 11) is 0. The fourth-order valence-electron chi connectivity index (χ4n) is 0.871. The molecule has 0 amide bonds. The summed E-state index contributed by atoms with van der Waals surface area (Å²) in [5.74, 6) is 0. The topological polar surface area (TPSA) is 46.2 Å². The van der Waals surface area contributed by atoms with Gasteiger partial charge in [0, 0.05) is 6.04 Å². The molecule has 0 aromatic heterocycles. The molecule has 2 heteroatoms. The van der Waals surface area contributed by atoms with Crippen molar-refractivity contribution in [2.45, 2.75) is 51.7 Å². The molecule has 0 rings (SSSR count). The van der Waals surface area contributed by atoms with Gasteiger partial charge in [0.2, 0.25) is 0 Å². The second-order valence-corrected chi connectivity index (χ2v) is 2.90. The van der Waals surface area contributed by atoms with Crippen LogP contribution in [0.15, 0.2) is 0 Å². The Morgan fingerprint density at radius 2 is 2.00 bits per heavy atom. The van der Waals surface area contributed by atoms with Crippen LogP contribution in [0.25, 0.3) is 0 Å². The maximum atomic E-state index is 9.00. The normalized spacial score (nSPS) is 16.8. The predicted molar refractivity (Wildman–Crippen MR) is 43.8 cm³/mol. The van der Waals surface area contributed by atoms with Gasteiger partial charge in [-0.1, -0.05) is 26.2 Å². The van der Waals surface area contributed by atoms with Crippen molar-refractivity contribution < 1.29 is 5.11 Å². The van der Waals surface area contributed by atoms with E-state index in [-0.39, 0.29) is 12.1 Å². The van der Waals surface area contributed by atoms with Gasteiger partial charge < -0.3 is 10.8 Å². The summed E-state index contributed by atoms with van der Waals surface area (Å²) in [6.45, 7) is 3.91. The molecular weight excluding hydrogens is 126 g/mol. The Balaban J connectivity index is 3.13. The van der Waals surface area contributed by atoms with Gasteiger partial charge in [0.1, 0.15) is 0 Å². The SMILES string of the molecule is CCCCC[C@@H](N)[C@@H](C)O. The second-order valence-electron chi connectivity index (χ2n) is 2.90. The van der Waals surface area contributed by atoms with E-state index < -0.39 is 0 Å². The van der Waals surface area contributed by atoms with Crippen LogP contribution in [-0.2, 0) is 0 Å². The smallest absolute Gasteiger partial charge is 0.0662 e. The predicted octanol–water partition coefficient (Wildman–Crippen LogP) is 1.27. The molecule has 0 aliphatic carbocycles. The van der Waals surface area contributed by atoms with Crippen LogP contribution in [0.1, 0.15) is 39.5 Å². The average molecular weight is 145 g/mol. The Kier molecular flexibility index (Phi) is 5.64. The van der Waals surface area contributed by atoms with Crippen molar-refractivity contribution in [3.63, 3.8) is 0 Å². The maximum Gasteiger partial charge on any atom is 0.0662 e. The third-order valence-electron chi connectivity index (χ3n) is 1.76. The van der Waals surface area contributed by atoms with Gasteiger partial charge in [0.05, 0.1) is 6.10 Å². The van der Waals surface area contributed by atoms with Crippen LogP contribution >= 0.6 is 0 Å². The van der Waals surface area contributed by atoms with Gasteiger partial charge >= 0.3 is 0 Å². The number of rotatable bonds is 5. The summed E-state index contributed by atoms with van der Waals surface area (Å²) in [6, 6.07) is -0.0217. The lowest BCUT2D eigenvalue weighted by Gasteiger charge is -2.13. The first-order valence-electron chi connectivity index (χ1n) is 4.12. The third-order valence-corrected chi connectivity index (χ3v) is 1.76. The lowest BCUT2D eigenvalue weighted by Crippen LogP contribution is -2.31. The minimum Gasteiger partial charge on any atom is -0.392 e. The summed E-state index contributed by atoms with van der Waals surface area (Å²) in [4.78, 5) is 0. The van der Waals surface area contributed by atoms with E-state index in [1.165, 1.54) is 12.8 Å². The summed E-state index contributed by atoms with van der Waals surface area (Å²) in [6.07, 6.45) is 4.18. The number of aliphatic hydroxyl groups excluding tert-OH is 1. The van der Waals surface area contributed by atoms with E-state index in [1.54, 1.807) is 6.92 Å². The summed E-state index contributed by atoms with van der Waals surface area (Å²) in [5, 5.41) is 9.00. The summed E-state index contributed by atoms with van der Waals surface area (Å²) < 4.78 is 0. The van der Waals surface area contributed by atoms with Crippen molar-refractivity contribution in [2.24, 2.45) is 5.73 Å². The fraction of sp³-hybridized carbons (Fsp3) is 1.00. The summed E-state index contributed by atoms with van der Waals surface area (Å²) >= 11 is 0. The molecule has 0 heterocycles. The highest BCUT2D eigenvalue weighted by atomic mass is 16.3. The van der Waals surface area contributed by atoms with Crippen LogP contribution in [0.3, 0.4) is 0 Å². The van der Waals surface area contributed by atoms with Gasteiger partial charge in [-0.15, -0.1) is 0 Å². The van der Waals surface area contributed by atoms with E-state index in [4.69, 9.17) is 10.8 Å². The van der Waals surface area contributed by atoms with Crippen LogP contribution in [0, 0.1) is 0 Å². The maximum absolute atomic E-state index is 9.00. The molecule has 2 atom stereocenters. The Labute approximate surface area is 63.4 Å². The molecule has 3 N–H and O–H groups in total. The zero-order valence-corrected chi connectivity index (χ0v) is 7.01. The molecule has 0 saturated heterocycles.